The van der Waals surface area contributed by atoms with E-state index in [1.54, 1.807) is 0 Å². The number of nitrogens with one attached hydrogen (secondary N) is 1. The molecule has 2 aliphatic rings. The zero-order valence-electron chi connectivity index (χ0n) is 6.56. The zero-order valence-corrected chi connectivity index (χ0v) is 7.38. The first-order valence-electron chi connectivity index (χ1n) is 4.15. The van der Waals surface area contributed by atoms with Gasteiger partial charge in [0.2, 0.25) is 0 Å². The van der Waals surface area contributed by atoms with Crippen LogP contribution in [0.5, 0.6) is 0 Å². The van der Waals surface area contributed by atoms with Crippen LogP contribution >= 0.6 is 11.8 Å². The highest BCUT2D eigenvalue weighted by Gasteiger charge is 2.38. The summed E-state index contributed by atoms with van der Waals surface area (Å²) in [6.45, 7) is 0.616. The summed E-state index contributed by atoms with van der Waals surface area (Å²) in [5, 5.41) is 3.36. The van der Waals surface area contributed by atoms with E-state index in [9.17, 15) is 4.79 Å². The number of rotatable bonds is 0. The molecule has 2 rings (SSSR count). The summed E-state index contributed by atoms with van der Waals surface area (Å²) in [6, 6.07) is 0. The van der Waals surface area contributed by atoms with E-state index in [0.29, 0.717) is 12.3 Å². The van der Waals surface area contributed by atoms with Gasteiger partial charge in [0.15, 0.2) is 0 Å². The van der Waals surface area contributed by atoms with Crippen molar-refractivity contribution >= 4 is 17.5 Å². The van der Waals surface area contributed by atoms with Gasteiger partial charge in [-0.3, -0.25) is 4.79 Å². The second-order valence-corrected chi connectivity index (χ2v) is 4.69. The van der Waals surface area contributed by atoms with Crippen molar-refractivity contribution in [2.75, 3.05) is 18.1 Å². The Balaban J connectivity index is 2.03. The lowest BCUT2D eigenvalue weighted by Crippen LogP contribution is -2.42. The van der Waals surface area contributed by atoms with Gasteiger partial charge in [0, 0.05) is 12.0 Å². The van der Waals surface area contributed by atoms with E-state index < -0.39 is 0 Å². The molecule has 0 aromatic carbocycles. The fourth-order valence-corrected chi connectivity index (χ4v) is 3.18. The topological polar surface area (TPSA) is 29.1 Å². The zero-order chi connectivity index (χ0) is 7.73. The highest BCUT2D eigenvalue weighted by Crippen LogP contribution is 2.32. The minimum Gasteiger partial charge on any atom is -0.304 e. The van der Waals surface area contributed by atoms with Crippen LogP contribution in [0.25, 0.3) is 0 Å². The molecule has 0 unspecified atom stereocenters. The number of ketones is 1. The summed E-state index contributed by atoms with van der Waals surface area (Å²) in [5.41, 5.74) is 0.225. The van der Waals surface area contributed by atoms with E-state index in [-0.39, 0.29) is 5.54 Å². The summed E-state index contributed by atoms with van der Waals surface area (Å²) >= 11 is 2.01. The standard InChI is InChI=1S/C8H13NOS/c10-7-5-8(9-6-7)1-3-11-4-2-8/h9H,1-6H2. The number of Topliss-reactive ketones (excluding diaryl/α,β-unsaturated/α-hetero) is 1. The molecule has 1 N–H and O–H groups in total. The minimum atomic E-state index is 0.225. The van der Waals surface area contributed by atoms with Gasteiger partial charge in [-0.1, -0.05) is 0 Å². The number of carbonyl (C=O) groups excluding carboxylic acids is 1. The minimum absolute atomic E-state index is 0.225. The van der Waals surface area contributed by atoms with Gasteiger partial charge >= 0.3 is 0 Å². The van der Waals surface area contributed by atoms with Crippen molar-refractivity contribution in [3.63, 3.8) is 0 Å². The van der Waals surface area contributed by atoms with Crippen LogP contribution in [-0.4, -0.2) is 29.4 Å². The molecule has 0 aromatic rings. The predicted octanol–water partition coefficient (Wildman–Crippen LogP) is 0.815. The highest BCUT2D eigenvalue weighted by atomic mass is 32.2. The summed E-state index contributed by atoms with van der Waals surface area (Å²) < 4.78 is 0. The molecule has 0 aliphatic carbocycles. The summed E-state index contributed by atoms with van der Waals surface area (Å²) in [6.07, 6.45) is 3.15. The Labute approximate surface area is 71.1 Å². The Morgan fingerprint density at radius 2 is 2.09 bits per heavy atom. The summed E-state index contributed by atoms with van der Waals surface area (Å²) in [7, 11) is 0. The first-order chi connectivity index (χ1) is 5.31. The lowest BCUT2D eigenvalue weighted by molar-refractivity contribution is -0.116. The summed E-state index contributed by atoms with van der Waals surface area (Å²) in [5.74, 6) is 2.84. The van der Waals surface area contributed by atoms with Crippen LogP contribution in [0.4, 0.5) is 0 Å². The second-order valence-electron chi connectivity index (χ2n) is 3.46. The van der Waals surface area contributed by atoms with Crippen LogP contribution in [0, 0.1) is 0 Å². The SMILES string of the molecule is O=C1CNC2(CCSCC2)C1. The molecule has 0 radical (unpaired) electrons. The van der Waals surface area contributed by atoms with Crippen LogP contribution in [0.15, 0.2) is 0 Å². The highest BCUT2D eigenvalue weighted by molar-refractivity contribution is 7.99. The quantitative estimate of drug-likeness (QED) is 0.585. The lowest BCUT2D eigenvalue weighted by atomic mass is 9.90. The van der Waals surface area contributed by atoms with Crippen molar-refractivity contribution in [3.05, 3.63) is 0 Å². The normalized spacial score (nSPS) is 29.6. The third-order valence-electron chi connectivity index (χ3n) is 2.65. The van der Waals surface area contributed by atoms with E-state index in [1.165, 1.54) is 24.3 Å². The van der Waals surface area contributed by atoms with Crippen molar-refractivity contribution in [1.82, 2.24) is 5.32 Å². The Morgan fingerprint density at radius 3 is 2.64 bits per heavy atom. The lowest BCUT2D eigenvalue weighted by Gasteiger charge is -2.32. The molecule has 0 atom stereocenters. The van der Waals surface area contributed by atoms with Gasteiger partial charge in [-0.25, -0.2) is 0 Å². The maximum atomic E-state index is 11.0. The molecular weight excluding hydrogens is 158 g/mol. The molecule has 11 heavy (non-hydrogen) atoms. The molecule has 2 saturated heterocycles. The third-order valence-corrected chi connectivity index (χ3v) is 3.63. The van der Waals surface area contributed by atoms with Crippen molar-refractivity contribution < 1.29 is 4.79 Å². The average molecular weight is 171 g/mol. The number of thioether (sulfide) groups is 1. The maximum absolute atomic E-state index is 11.0. The van der Waals surface area contributed by atoms with E-state index in [0.717, 1.165) is 6.42 Å². The number of hydrogen-bond donors (Lipinski definition) is 1. The molecule has 62 valence electrons. The monoisotopic (exact) mass is 171 g/mol. The first kappa shape index (κ1) is 7.62. The molecule has 2 nitrogen and oxygen atoms in total. The second kappa shape index (κ2) is 2.79. The van der Waals surface area contributed by atoms with Crippen LogP contribution in [0.1, 0.15) is 19.3 Å². The molecule has 2 aliphatic heterocycles. The van der Waals surface area contributed by atoms with Crippen molar-refractivity contribution in [3.8, 4) is 0 Å². The van der Waals surface area contributed by atoms with Gasteiger partial charge < -0.3 is 5.32 Å². The van der Waals surface area contributed by atoms with Gasteiger partial charge in [0.05, 0.1) is 6.54 Å². The van der Waals surface area contributed by atoms with E-state index >= 15 is 0 Å². The molecule has 0 saturated carbocycles. The van der Waals surface area contributed by atoms with Crippen LogP contribution in [0.2, 0.25) is 0 Å². The molecule has 2 fully saturated rings. The molecule has 0 bridgehead atoms. The Kier molecular flexibility index (Phi) is 1.93. The fourth-order valence-electron chi connectivity index (χ4n) is 1.90. The van der Waals surface area contributed by atoms with Crippen LogP contribution in [-0.2, 0) is 4.79 Å². The van der Waals surface area contributed by atoms with Gasteiger partial charge in [0.1, 0.15) is 5.78 Å². The van der Waals surface area contributed by atoms with Gasteiger partial charge in [-0.15, -0.1) is 0 Å². The molecule has 3 heteroatoms. The molecular formula is C8H13NOS. The summed E-state index contributed by atoms with van der Waals surface area (Å²) in [4.78, 5) is 11.0. The number of carbonyl (C=O) groups is 1. The molecule has 2 heterocycles. The molecule has 0 aromatic heterocycles. The van der Waals surface area contributed by atoms with Crippen molar-refractivity contribution in [2.24, 2.45) is 0 Å². The average Bonchev–Trinajstić information content (AvgIpc) is 2.34. The Bertz CT molecular complexity index is 175. The van der Waals surface area contributed by atoms with Gasteiger partial charge in [-0.05, 0) is 24.3 Å². The van der Waals surface area contributed by atoms with Crippen molar-refractivity contribution in [1.29, 1.82) is 0 Å². The van der Waals surface area contributed by atoms with Gasteiger partial charge in [-0.2, -0.15) is 11.8 Å². The first-order valence-corrected chi connectivity index (χ1v) is 5.31. The largest absolute Gasteiger partial charge is 0.304 e. The van der Waals surface area contributed by atoms with Gasteiger partial charge in [0.25, 0.3) is 0 Å². The Hall–Kier alpha value is -0.0200. The van der Waals surface area contributed by atoms with E-state index in [4.69, 9.17) is 0 Å². The third kappa shape index (κ3) is 1.44. The van der Waals surface area contributed by atoms with E-state index in [2.05, 4.69) is 5.32 Å². The van der Waals surface area contributed by atoms with E-state index in [1.807, 2.05) is 11.8 Å². The van der Waals surface area contributed by atoms with Crippen LogP contribution in [0.3, 0.4) is 0 Å². The fraction of sp³-hybridized carbons (Fsp3) is 0.875. The smallest absolute Gasteiger partial charge is 0.148 e. The maximum Gasteiger partial charge on any atom is 0.148 e. The van der Waals surface area contributed by atoms with Crippen molar-refractivity contribution in [2.45, 2.75) is 24.8 Å². The predicted molar refractivity (Wildman–Crippen MR) is 46.9 cm³/mol. The number of hydrogen-bond acceptors (Lipinski definition) is 3. The molecule has 1 spiro atoms. The van der Waals surface area contributed by atoms with Crippen LogP contribution < -0.4 is 5.32 Å². The Morgan fingerprint density at radius 1 is 1.36 bits per heavy atom. The molecule has 0 amide bonds.